The van der Waals surface area contributed by atoms with Gasteiger partial charge in [0.05, 0.1) is 11.2 Å². The molecule has 2 N–H and O–H groups in total. The van der Waals surface area contributed by atoms with Crippen molar-refractivity contribution in [1.29, 1.82) is 0 Å². The molecule has 2 aromatic rings. The van der Waals surface area contributed by atoms with E-state index in [4.69, 9.17) is 15.0 Å². The van der Waals surface area contributed by atoms with Crippen LogP contribution in [0, 0.1) is 6.92 Å². The molecule has 1 aliphatic heterocycles. The Morgan fingerprint density at radius 1 is 0.952 bits per heavy atom. The van der Waals surface area contributed by atoms with Gasteiger partial charge in [0.25, 0.3) is 0 Å². The second-order valence-electron chi connectivity index (χ2n) is 6.83. The Morgan fingerprint density at radius 3 is 2.05 bits per heavy atom. The molecule has 0 saturated carbocycles. The van der Waals surface area contributed by atoms with Crippen molar-refractivity contribution >= 4 is 29.0 Å². The van der Waals surface area contributed by atoms with Crippen LogP contribution in [0.4, 0.5) is 5.69 Å². The number of nitrogens with two attached hydrogens (primary N) is 1. The van der Waals surface area contributed by atoms with E-state index >= 15 is 0 Å². The van der Waals surface area contributed by atoms with Gasteiger partial charge in [0, 0.05) is 11.1 Å². The second kappa shape index (κ2) is 4.49. The summed E-state index contributed by atoms with van der Waals surface area (Å²) in [5.41, 5.74) is 8.46. The zero-order valence-corrected chi connectivity index (χ0v) is 13.4. The van der Waals surface area contributed by atoms with E-state index in [9.17, 15) is 0 Å². The molecule has 110 valence electrons. The highest BCUT2D eigenvalue weighted by molar-refractivity contribution is 6.65. The van der Waals surface area contributed by atoms with Crippen LogP contribution < -0.4 is 11.2 Å². The first kappa shape index (κ1) is 14.4. The molecular weight excluding hydrogens is 261 g/mol. The van der Waals surface area contributed by atoms with Crippen molar-refractivity contribution in [3.63, 3.8) is 0 Å². The summed E-state index contributed by atoms with van der Waals surface area (Å²) in [7, 11) is -0.362. The van der Waals surface area contributed by atoms with Crippen molar-refractivity contribution in [2.24, 2.45) is 0 Å². The van der Waals surface area contributed by atoms with Gasteiger partial charge in [-0.25, -0.2) is 0 Å². The third-order valence-corrected chi connectivity index (χ3v) is 4.83. The highest BCUT2D eigenvalue weighted by atomic mass is 16.7. The molecule has 21 heavy (non-hydrogen) atoms. The molecule has 1 heterocycles. The number of rotatable bonds is 1. The molecule has 1 aliphatic rings. The molecule has 3 rings (SSSR count). The van der Waals surface area contributed by atoms with Crippen LogP contribution in [-0.2, 0) is 9.31 Å². The Hall–Kier alpha value is -1.52. The van der Waals surface area contributed by atoms with Crippen LogP contribution in [0.1, 0.15) is 33.3 Å². The van der Waals surface area contributed by atoms with Crippen LogP contribution in [0.15, 0.2) is 30.3 Å². The average molecular weight is 283 g/mol. The molecule has 0 unspecified atom stereocenters. The highest BCUT2D eigenvalue weighted by Crippen LogP contribution is 2.37. The Bertz CT molecular complexity index is 693. The predicted octanol–water partition coefficient (Wildman–Crippen LogP) is 3.03. The van der Waals surface area contributed by atoms with E-state index in [2.05, 4.69) is 39.8 Å². The summed E-state index contributed by atoms with van der Waals surface area (Å²) >= 11 is 0. The van der Waals surface area contributed by atoms with Crippen molar-refractivity contribution in [1.82, 2.24) is 0 Å². The summed E-state index contributed by atoms with van der Waals surface area (Å²) in [4.78, 5) is 0. The van der Waals surface area contributed by atoms with Gasteiger partial charge in [-0.3, -0.25) is 0 Å². The van der Waals surface area contributed by atoms with E-state index in [1.165, 1.54) is 0 Å². The van der Waals surface area contributed by atoms with Crippen LogP contribution in [0.2, 0.25) is 0 Å². The predicted molar refractivity (Wildman–Crippen MR) is 88.8 cm³/mol. The molecular formula is C17H22BNO2. The number of fused-ring (bicyclic) bond motifs is 1. The lowest BCUT2D eigenvalue weighted by atomic mass is 9.75. The third-order valence-electron chi connectivity index (χ3n) is 4.83. The summed E-state index contributed by atoms with van der Waals surface area (Å²) in [5.74, 6) is 0. The fourth-order valence-corrected chi connectivity index (χ4v) is 2.74. The molecule has 0 bridgehead atoms. The molecule has 1 saturated heterocycles. The maximum atomic E-state index is 6.21. The summed E-state index contributed by atoms with van der Waals surface area (Å²) in [6.45, 7) is 10.3. The average Bonchev–Trinajstić information content (AvgIpc) is 2.63. The Kier molecular flexibility index (Phi) is 3.08. The number of aryl methyl sites for hydroxylation is 1. The van der Waals surface area contributed by atoms with E-state index < -0.39 is 0 Å². The second-order valence-corrected chi connectivity index (χ2v) is 6.83. The SMILES string of the molecule is Cc1cc(B2OC(C)(C)C(C)(C)O2)c2ccccc2c1N. The lowest BCUT2D eigenvalue weighted by Crippen LogP contribution is -2.41. The van der Waals surface area contributed by atoms with E-state index in [0.717, 1.165) is 27.5 Å². The summed E-state index contributed by atoms with van der Waals surface area (Å²) in [6.07, 6.45) is 0. The topological polar surface area (TPSA) is 44.5 Å². The summed E-state index contributed by atoms with van der Waals surface area (Å²) < 4.78 is 12.4. The van der Waals surface area contributed by atoms with E-state index in [0.29, 0.717) is 0 Å². The van der Waals surface area contributed by atoms with Crippen LogP contribution >= 0.6 is 0 Å². The molecule has 0 spiro atoms. The number of anilines is 1. The van der Waals surface area contributed by atoms with Gasteiger partial charge >= 0.3 is 7.12 Å². The molecule has 0 aromatic heterocycles. The molecule has 0 amide bonds. The van der Waals surface area contributed by atoms with Crippen LogP contribution in [0.25, 0.3) is 10.8 Å². The minimum Gasteiger partial charge on any atom is -0.399 e. The zero-order chi connectivity index (χ0) is 15.4. The van der Waals surface area contributed by atoms with Gasteiger partial charge < -0.3 is 15.0 Å². The zero-order valence-electron chi connectivity index (χ0n) is 13.4. The first-order chi connectivity index (χ1) is 9.73. The first-order valence-electron chi connectivity index (χ1n) is 7.36. The first-order valence-corrected chi connectivity index (χ1v) is 7.36. The molecule has 0 radical (unpaired) electrons. The molecule has 1 fully saturated rings. The van der Waals surface area contributed by atoms with Crippen LogP contribution in [-0.4, -0.2) is 18.3 Å². The number of hydrogen-bond acceptors (Lipinski definition) is 3. The largest absolute Gasteiger partial charge is 0.495 e. The maximum absolute atomic E-state index is 6.21. The lowest BCUT2D eigenvalue weighted by molar-refractivity contribution is 0.00578. The fourth-order valence-electron chi connectivity index (χ4n) is 2.74. The van der Waals surface area contributed by atoms with Gasteiger partial charge in [0.2, 0.25) is 0 Å². The minimum absolute atomic E-state index is 0.339. The molecule has 3 nitrogen and oxygen atoms in total. The number of hydrogen-bond donors (Lipinski definition) is 1. The van der Waals surface area contributed by atoms with Gasteiger partial charge in [-0.1, -0.05) is 30.3 Å². The number of benzene rings is 2. The van der Waals surface area contributed by atoms with Crippen molar-refractivity contribution in [2.45, 2.75) is 45.8 Å². The summed E-state index contributed by atoms with van der Waals surface area (Å²) in [5, 5.41) is 2.15. The van der Waals surface area contributed by atoms with Gasteiger partial charge in [-0.15, -0.1) is 0 Å². The number of nitrogen functional groups attached to an aromatic ring is 1. The molecule has 0 aliphatic carbocycles. The summed E-state index contributed by atoms with van der Waals surface area (Å²) in [6, 6.07) is 10.2. The van der Waals surface area contributed by atoms with Crippen LogP contribution in [0.5, 0.6) is 0 Å². The maximum Gasteiger partial charge on any atom is 0.495 e. The van der Waals surface area contributed by atoms with E-state index in [1.807, 2.05) is 25.1 Å². The molecule has 4 heteroatoms. The Morgan fingerprint density at radius 2 is 1.48 bits per heavy atom. The molecule has 0 atom stereocenters. The third kappa shape index (κ3) is 2.14. The Labute approximate surface area is 126 Å². The quantitative estimate of drug-likeness (QED) is 0.646. The van der Waals surface area contributed by atoms with Crippen LogP contribution in [0.3, 0.4) is 0 Å². The van der Waals surface area contributed by atoms with Crippen molar-refractivity contribution in [3.8, 4) is 0 Å². The lowest BCUT2D eigenvalue weighted by Gasteiger charge is -2.32. The Balaban J connectivity index is 2.17. The normalized spacial score (nSPS) is 20.1. The van der Waals surface area contributed by atoms with E-state index in [1.54, 1.807) is 0 Å². The van der Waals surface area contributed by atoms with Gasteiger partial charge in [0.1, 0.15) is 0 Å². The molecule has 2 aromatic carbocycles. The van der Waals surface area contributed by atoms with Gasteiger partial charge in [0.15, 0.2) is 0 Å². The van der Waals surface area contributed by atoms with Crippen molar-refractivity contribution in [2.75, 3.05) is 5.73 Å². The fraction of sp³-hybridized carbons (Fsp3) is 0.412. The smallest absolute Gasteiger partial charge is 0.399 e. The van der Waals surface area contributed by atoms with E-state index in [-0.39, 0.29) is 18.3 Å². The highest BCUT2D eigenvalue weighted by Gasteiger charge is 2.52. The standard InChI is InChI=1S/C17H22BNO2/c1-11-10-14(12-8-6-7-9-13(12)15(11)19)18-20-16(2,3)17(4,5)21-18/h6-10H,19H2,1-5H3. The monoisotopic (exact) mass is 283 g/mol. The minimum atomic E-state index is -0.362. The van der Waals surface area contributed by atoms with Crippen molar-refractivity contribution in [3.05, 3.63) is 35.9 Å². The van der Waals surface area contributed by atoms with Gasteiger partial charge in [-0.2, -0.15) is 0 Å². The van der Waals surface area contributed by atoms with Gasteiger partial charge in [-0.05, 0) is 51.0 Å². The van der Waals surface area contributed by atoms with Crippen molar-refractivity contribution < 1.29 is 9.31 Å².